The van der Waals surface area contributed by atoms with Gasteiger partial charge in [0.25, 0.3) is 0 Å². The summed E-state index contributed by atoms with van der Waals surface area (Å²) in [5, 5.41) is 3.86. The largest absolute Gasteiger partial charge is 0.311 e. The fraction of sp³-hybridized carbons (Fsp3) is 0.857. The van der Waals surface area contributed by atoms with Crippen LogP contribution < -0.4 is 5.32 Å². The van der Waals surface area contributed by atoms with Crippen LogP contribution in [0.3, 0.4) is 0 Å². The van der Waals surface area contributed by atoms with Gasteiger partial charge in [-0.25, -0.2) is 0 Å². The topological polar surface area (TPSA) is 46.2 Å². The standard InChI is InChI=1S/C12H23N.C2H2O2/c1-3-7-11(8-4-1)13-12-9-5-2-6-10-12;3-1-2-4/h11-13H,1-10H2;1-2H. The van der Waals surface area contributed by atoms with Crippen LogP contribution in [0.5, 0.6) is 0 Å². The summed E-state index contributed by atoms with van der Waals surface area (Å²) in [4.78, 5) is 17.6. The number of hydrogen-bond donors (Lipinski definition) is 1. The van der Waals surface area contributed by atoms with E-state index in [0.717, 1.165) is 12.1 Å². The predicted octanol–water partition coefficient (Wildman–Crippen LogP) is 2.63. The third-order valence-corrected chi connectivity index (χ3v) is 3.74. The molecule has 1 N–H and O–H groups in total. The van der Waals surface area contributed by atoms with Crippen molar-refractivity contribution in [2.75, 3.05) is 0 Å². The molecular formula is C14H25NO2. The molecule has 2 saturated carbocycles. The lowest BCUT2D eigenvalue weighted by Gasteiger charge is -2.30. The Morgan fingerprint density at radius 3 is 1.29 bits per heavy atom. The maximum atomic E-state index is 8.81. The highest BCUT2D eigenvalue weighted by Crippen LogP contribution is 2.22. The van der Waals surface area contributed by atoms with Gasteiger partial charge in [0.2, 0.25) is 0 Å². The fourth-order valence-corrected chi connectivity index (χ4v) is 2.87. The lowest BCUT2D eigenvalue weighted by molar-refractivity contribution is -0.122. The second-order valence-corrected chi connectivity index (χ2v) is 5.11. The molecule has 0 aliphatic heterocycles. The van der Waals surface area contributed by atoms with Gasteiger partial charge in [-0.15, -0.1) is 0 Å². The molecule has 0 atom stereocenters. The van der Waals surface area contributed by atoms with Crippen molar-refractivity contribution in [3.05, 3.63) is 0 Å². The summed E-state index contributed by atoms with van der Waals surface area (Å²) in [6.45, 7) is 0. The SMILES string of the molecule is C1CCC(NC2CCCCC2)CC1.O=CC=O. The minimum absolute atomic E-state index is 0.194. The maximum absolute atomic E-state index is 8.81. The van der Waals surface area contributed by atoms with Gasteiger partial charge in [0.15, 0.2) is 12.6 Å². The molecule has 0 spiro atoms. The molecule has 0 aromatic carbocycles. The number of nitrogens with one attached hydrogen (secondary N) is 1. The van der Waals surface area contributed by atoms with Crippen LogP contribution >= 0.6 is 0 Å². The van der Waals surface area contributed by atoms with E-state index in [9.17, 15) is 0 Å². The van der Waals surface area contributed by atoms with E-state index < -0.39 is 0 Å². The zero-order valence-corrected chi connectivity index (χ0v) is 10.7. The average molecular weight is 239 g/mol. The highest BCUT2D eigenvalue weighted by atomic mass is 16.2. The van der Waals surface area contributed by atoms with Gasteiger partial charge in [-0.1, -0.05) is 38.5 Å². The fourth-order valence-electron chi connectivity index (χ4n) is 2.87. The number of rotatable bonds is 3. The minimum Gasteiger partial charge on any atom is -0.311 e. The van der Waals surface area contributed by atoms with Gasteiger partial charge in [-0.2, -0.15) is 0 Å². The van der Waals surface area contributed by atoms with Crippen LogP contribution in [0.15, 0.2) is 0 Å². The Morgan fingerprint density at radius 2 is 1.00 bits per heavy atom. The van der Waals surface area contributed by atoms with E-state index in [1.165, 1.54) is 64.2 Å². The summed E-state index contributed by atoms with van der Waals surface area (Å²) in [6, 6.07) is 1.74. The van der Waals surface area contributed by atoms with Gasteiger partial charge in [-0.05, 0) is 25.7 Å². The van der Waals surface area contributed by atoms with Crippen molar-refractivity contribution in [3.63, 3.8) is 0 Å². The molecule has 2 aliphatic rings. The van der Waals surface area contributed by atoms with Gasteiger partial charge >= 0.3 is 0 Å². The van der Waals surface area contributed by atoms with E-state index in [1.54, 1.807) is 0 Å². The van der Waals surface area contributed by atoms with Crippen molar-refractivity contribution in [2.45, 2.75) is 76.3 Å². The Morgan fingerprint density at radius 1 is 0.647 bits per heavy atom. The first kappa shape index (κ1) is 14.4. The Labute approximate surface area is 104 Å². The van der Waals surface area contributed by atoms with Crippen molar-refractivity contribution >= 4 is 12.6 Å². The molecule has 0 radical (unpaired) electrons. The van der Waals surface area contributed by atoms with Crippen LogP contribution in [0.25, 0.3) is 0 Å². The predicted molar refractivity (Wildman–Crippen MR) is 69.0 cm³/mol. The van der Waals surface area contributed by atoms with Gasteiger partial charge < -0.3 is 5.32 Å². The number of hydrogen-bond acceptors (Lipinski definition) is 3. The molecule has 0 aromatic heterocycles. The minimum atomic E-state index is 0.194. The molecule has 3 nitrogen and oxygen atoms in total. The highest BCUT2D eigenvalue weighted by Gasteiger charge is 2.19. The third kappa shape index (κ3) is 6.57. The second-order valence-electron chi connectivity index (χ2n) is 5.11. The molecule has 3 heteroatoms. The second kappa shape index (κ2) is 9.34. The summed E-state index contributed by atoms with van der Waals surface area (Å²) in [7, 11) is 0. The Kier molecular flexibility index (Phi) is 7.89. The van der Waals surface area contributed by atoms with Crippen LogP contribution in [0.4, 0.5) is 0 Å². The normalized spacial score (nSPS) is 22.4. The first-order valence-corrected chi connectivity index (χ1v) is 7.02. The zero-order chi connectivity index (χ0) is 12.3. The molecule has 0 aromatic rings. The van der Waals surface area contributed by atoms with E-state index in [4.69, 9.17) is 9.59 Å². The van der Waals surface area contributed by atoms with E-state index in [0.29, 0.717) is 0 Å². The first-order chi connectivity index (χ1) is 8.36. The van der Waals surface area contributed by atoms with Crippen LogP contribution in [-0.2, 0) is 9.59 Å². The maximum Gasteiger partial charge on any atom is 0.182 e. The molecule has 98 valence electrons. The van der Waals surface area contributed by atoms with Crippen molar-refractivity contribution in [1.82, 2.24) is 5.32 Å². The summed E-state index contributed by atoms with van der Waals surface area (Å²) in [5.74, 6) is 0. The molecule has 0 amide bonds. The Hall–Kier alpha value is -0.700. The first-order valence-electron chi connectivity index (χ1n) is 7.02. The molecule has 2 rings (SSSR count). The number of carbonyl (C=O) groups excluding carboxylic acids is 2. The third-order valence-electron chi connectivity index (χ3n) is 3.74. The van der Waals surface area contributed by atoms with E-state index in [2.05, 4.69) is 5.32 Å². The lowest BCUT2D eigenvalue weighted by atomic mass is 9.91. The van der Waals surface area contributed by atoms with Gasteiger partial charge in [0.1, 0.15) is 0 Å². The number of carbonyl (C=O) groups is 2. The molecular weight excluding hydrogens is 214 g/mol. The van der Waals surface area contributed by atoms with Crippen molar-refractivity contribution < 1.29 is 9.59 Å². The monoisotopic (exact) mass is 239 g/mol. The van der Waals surface area contributed by atoms with Crippen LogP contribution in [0, 0.1) is 0 Å². The van der Waals surface area contributed by atoms with Crippen molar-refractivity contribution in [3.8, 4) is 0 Å². The van der Waals surface area contributed by atoms with Crippen molar-refractivity contribution in [1.29, 1.82) is 0 Å². The highest BCUT2D eigenvalue weighted by molar-refractivity contribution is 6.09. The molecule has 0 heterocycles. The van der Waals surface area contributed by atoms with Crippen LogP contribution in [0.2, 0.25) is 0 Å². The summed E-state index contributed by atoms with van der Waals surface area (Å²) in [6.07, 6.45) is 15.0. The average Bonchev–Trinajstić information content (AvgIpc) is 2.41. The zero-order valence-electron chi connectivity index (χ0n) is 10.7. The summed E-state index contributed by atoms with van der Waals surface area (Å²) >= 11 is 0. The summed E-state index contributed by atoms with van der Waals surface area (Å²) < 4.78 is 0. The Bertz CT molecular complexity index is 184. The molecule has 0 unspecified atom stereocenters. The quantitative estimate of drug-likeness (QED) is 0.608. The van der Waals surface area contributed by atoms with Crippen LogP contribution in [-0.4, -0.2) is 24.7 Å². The molecule has 17 heavy (non-hydrogen) atoms. The Balaban J connectivity index is 0.000000317. The molecule has 2 fully saturated rings. The van der Waals surface area contributed by atoms with Gasteiger partial charge in [-0.3, -0.25) is 9.59 Å². The summed E-state index contributed by atoms with van der Waals surface area (Å²) in [5.41, 5.74) is 0. The molecule has 2 aliphatic carbocycles. The van der Waals surface area contributed by atoms with Crippen LogP contribution in [0.1, 0.15) is 64.2 Å². The number of aldehydes is 2. The van der Waals surface area contributed by atoms with E-state index in [-0.39, 0.29) is 12.6 Å². The van der Waals surface area contributed by atoms with E-state index >= 15 is 0 Å². The van der Waals surface area contributed by atoms with Crippen molar-refractivity contribution in [2.24, 2.45) is 0 Å². The smallest absolute Gasteiger partial charge is 0.182 e. The van der Waals surface area contributed by atoms with Gasteiger partial charge in [0.05, 0.1) is 0 Å². The van der Waals surface area contributed by atoms with Gasteiger partial charge in [0, 0.05) is 12.1 Å². The van der Waals surface area contributed by atoms with E-state index in [1.807, 2.05) is 0 Å². The molecule has 0 saturated heterocycles. The molecule has 0 bridgehead atoms. The lowest BCUT2D eigenvalue weighted by Crippen LogP contribution is -2.40.